The molecule has 0 radical (unpaired) electrons. The number of aryl methyl sites for hydroxylation is 2. The molecule has 0 bridgehead atoms. The zero-order valence-corrected chi connectivity index (χ0v) is 16.9. The van der Waals surface area contributed by atoms with Gasteiger partial charge >= 0.3 is 0 Å². The predicted octanol–water partition coefficient (Wildman–Crippen LogP) is 2.59. The highest BCUT2D eigenvalue weighted by molar-refractivity contribution is 7.86. The van der Waals surface area contributed by atoms with Crippen molar-refractivity contribution in [2.45, 2.75) is 36.5 Å². The van der Waals surface area contributed by atoms with E-state index in [0.717, 1.165) is 11.1 Å². The van der Waals surface area contributed by atoms with Gasteiger partial charge in [-0.25, -0.2) is 0 Å². The highest BCUT2D eigenvalue weighted by atomic mass is 32.2. The van der Waals surface area contributed by atoms with Crippen LogP contribution in [0.1, 0.15) is 22.3 Å². The first-order valence-corrected chi connectivity index (χ1v) is 11.0. The van der Waals surface area contributed by atoms with Crippen LogP contribution in [0.5, 0.6) is 0 Å². The van der Waals surface area contributed by atoms with E-state index in [-0.39, 0.29) is 22.6 Å². The molecule has 2 N–H and O–H groups in total. The lowest BCUT2D eigenvalue weighted by Crippen LogP contribution is -2.03. The topological polar surface area (TPSA) is 109 Å². The van der Waals surface area contributed by atoms with Crippen molar-refractivity contribution in [1.82, 2.24) is 0 Å². The van der Waals surface area contributed by atoms with Crippen LogP contribution in [0.2, 0.25) is 0 Å². The van der Waals surface area contributed by atoms with Crippen LogP contribution in [0.4, 0.5) is 0 Å². The van der Waals surface area contributed by atoms with Gasteiger partial charge in [0.25, 0.3) is 20.2 Å². The molecule has 0 unspecified atom stereocenters. The van der Waals surface area contributed by atoms with E-state index in [1.54, 1.807) is 38.1 Å². The third-order valence-corrected chi connectivity index (χ3v) is 5.69. The monoisotopic (exact) mass is 418 g/mol. The Balaban J connectivity index is 2.19. The largest absolute Gasteiger partial charge is 0.294 e. The second kappa shape index (κ2) is 8.59. The second-order valence-electron chi connectivity index (χ2n) is 6.13. The Morgan fingerprint density at radius 3 is 1.39 bits per heavy atom. The molecule has 0 amide bonds. The summed E-state index contributed by atoms with van der Waals surface area (Å²) in [6.07, 6.45) is 0.151. The molecule has 2 aromatic carbocycles. The highest BCUT2D eigenvalue weighted by Crippen LogP contribution is 2.18. The Bertz CT molecular complexity index is 1140. The van der Waals surface area contributed by atoms with Crippen molar-refractivity contribution >= 4 is 20.2 Å². The van der Waals surface area contributed by atoms with Crippen molar-refractivity contribution in [3.63, 3.8) is 0 Å². The van der Waals surface area contributed by atoms with Gasteiger partial charge in [-0.3, -0.25) is 9.11 Å². The summed E-state index contributed by atoms with van der Waals surface area (Å²) in [5.74, 6) is 10.6. The fourth-order valence-electron chi connectivity index (χ4n) is 2.56. The maximum absolute atomic E-state index is 11.4. The van der Waals surface area contributed by atoms with Crippen LogP contribution >= 0.6 is 0 Å². The minimum absolute atomic E-state index is 0.0756. The van der Waals surface area contributed by atoms with Crippen molar-refractivity contribution in [2.24, 2.45) is 0 Å². The van der Waals surface area contributed by atoms with E-state index in [1.165, 1.54) is 12.1 Å². The fourth-order valence-corrected chi connectivity index (χ4v) is 3.97. The van der Waals surface area contributed by atoms with Crippen LogP contribution in [0.25, 0.3) is 0 Å². The van der Waals surface area contributed by atoms with Gasteiger partial charge in [0.1, 0.15) is 0 Å². The minimum atomic E-state index is -4.34. The molecule has 28 heavy (non-hydrogen) atoms. The van der Waals surface area contributed by atoms with Crippen LogP contribution in [-0.2, 0) is 33.1 Å². The van der Waals surface area contributed by atoms with Gasteiger partial charge in [0, 0.05) is 12.8 Å². The Hall–Kier alpha value is -2.62. The lowest BCUT2D eigenvalue weighted by molar-refractivity contribution is 0.480. The molecule has 6 nitrogen and oxygen atoms in total. The van der Waals surface area contributed by atoms with Gasteiger partial charge in [-0.1, -0.05) is 47.2 Å². The van der Waals surface area contributed by atoms with E-state index in [9.17, 15) is 25.9 Å². The van der Waals surface area contributed by atoms with Crippen molar-refractivity contribution in [3.05, 3.63) is 58.7 Å². The molecule has 2 rings (SSSR count). The molecule has 0 heterocycles. The van der Waals surface area contributed by atoms with Crippen LogP contribution in [0.15, 0.2) is 46.2 Å². The van der Waals surface area contributed by atoms with E-state index >= 15 is 0 Å². The van der Waals surface area contributed by atoms with Crippen LogP contribution in [0.3, 0.4) is 0 Å². The Kier molecular flexibility index (Phi) is 6.65. The van der Waals surface area contributed by atoms with Crippen LogP contribution < -0.4 is 0 Å². The first-order valence-electron chi connectivity index (χ1n) is 8.08. The molecule has 0 spiro atoms. The lowest BCUT2D eigenvalue weighted by atomic mass is 10.1. The quantitative estimate of drug-likeness (QED) is 0.584. The van der Waals surface area contributed by atoms with E-state index in [1.807, 2.05) is 0 Å². The number of hydrogen-bond acceptors (Lipinski definition) is 4. The maximum atomic E-state index is 11.4. The van der Waals surface area contributed by atoms with E-state index in [0.29, 0.717) is 11.1 Å². The molecule has 0 aliphatic rings. The summed E-state index contributed by atoms with van der Waals surface area (Å²) in [4.78, 5) is -0.393. The summed E-state index contributed by atoms with van der Waals surface area (Å²) in [7, 11) is -8.68. The molecule has 0 aliphatic heterocycles. The molecule has 0 fully saturated rings. The normalized spacial score (nSPS) is 11.1. The van der Waals surface area contributed by atoms with Gasteiger partial charge in [0.05, 0.1) is 9.79 Å². The number of rotatable bonds is 4. The van der Waals surface area contributed by atoms with E-state index < -0.39 is 20.2 Å². The Labute approximate surface area is 165 Å². The molecule has 2 aromatic rings. The average molecular weight is 418 g/mol. The van der Waals surface area contributed by atoms with Gasteiger partial charge in [0.2, 0.25) is 0 Å². The average Bonchev–Trinajstić information content (AvgIpc) is 2.55. The first kappa shape index (κ1) is 21.7. The van der Waals surface area contributed by atoms with Gasteiger partial charge in [-0.05, 0) is 48.9 Å². The van der Waals surface area contributed by atoms with E-state index in [2.05, 4.69) is 23.7 Å². The maximum Gasteiger partial charge on any atom is 0.294 e. The molecular weight excluding hydrogens is 400 g/mol. The number of hydrogen-bond donors (Lipinski definition) is 2. The van der Waals surface area contributed by atoms with E-state index in [4.69, 9.17) is 0 Å². The van der Waals surface area contributed by atoms with Gasteiger partial charge < -0.3 is 0 Å². The summed E-state index contributed by atoms with van der Waals surface area (Å²) >= 11 is 0. The third-order valence-electron chi connectivity index (χ3n) is 3.78. The predicted molar refractivity (Wildman–Crippen MR) is 105 cm³/mol. The SMILES string of the molecule is Cc1ccc(S(=O)(=O)O)c(CC#CC#CCc2cc(C)ccc2S(=O)(=O)O)c1. The summed E-state index contributed by atoms with van der Waals surface area (Å²) in [6.45, 7) is 3.58. The lowest BCUT2D eigenvalue weighted by Gasteiger charge is -2.05. The third kappa shape index (κ3) is 5.95. The van der Waals surface area contributed by atoms with Gasteiger partial charge in [-0.2, -0.15) is 16.8 Å². The fraction of sp³-hybridized carbons (Fsp3) is 0.200. The summed E-state index contributed by atoms with van der Waals surface area (Å²) < 4.78 is 64.2. The first-order chi connectivity index (χ1) is 13.0. The zero-order valence-electron chi connectivity index (χ0n) is 15.2. The van der Waals surface area contributed by atoms with Crippen LogP contribution in [0, 0.1) is 37.5 Å². The molecule has 146 valence electrons. The van der Waals surface area contributed by atoms with Gasteiger partial charge in [0.15, 0.2) is 0 Å². The van der Waals surface area contributed by atoms with Crippen molar-refractivity contribution in [3.8, 4) is 23.7 Å². The molecule has 0 saturated carbocycles. The molecule has 0 aromatic heterocycles. The second-order valence-corrected chi connectivity index (χ2v) is 8.91. The Morgan fingerprint density at radius 2 is 1.07 bits per heavy atom. The van der Waals surface area contributed by atoms with Crippen LogP contribution in [-0.4, -0.2) is 25.9 Å². The molecule has 0 aliphatic carbocycles. The molecular formula is C20H18O6S2. The molecule has 0 atom stereocenters. The van der Waals surface area contributed by atoms with Gasteiger partial charge in [-0.15, -0.1) is 0 Å². The zero-order chi connectivity index (χ0) is 20.9. The van der Waals surface area contributed by atoms with Crippen molar-refractivity contribution < 1.29 is 25.9 Å². The standard InChI is InChI=1S/C20H18O6S2/c1-15-9-11-19(27(21,22)23)17(13-15)7-5-3-4-6-8-18-14-16(2)10-12-20(18)28(24,25)26/h9-14H,7-8H2,1-2H3,(H,21,22,23)(H,24,25,26). The summed E-state index contributed by atoms with van der Waals surface area (Å²) in [6, 6.07) is 9.04. The smallest absolute Gasteiger partial charge is 0.282 e. The molecule has 8 heteroatoms. The highest BCUT2D eigenvalue weighted by Gasteiger charge is 2.15. The summed E-state index contributed by atoms with van der Waals surface area (Å²) in [5, 5.41) is 0. The van der Waals surface area contributed by atoms with Crippen molar-refractivity contribution in [2.75, 3.05) is 0 Å². The minimum Gasteiger partial charge on any atom is -0.282 e. The van der Waals surface area contributed by atoms with Crippen molar-refractivity contribution in [1.29, 1.82) is 0 Å². The number of benzene rings is 2. The molecule has 0 saturated heterocycles. The Morgan fingerprint density at radius 1 is 0.714 bits per heavy atom. The summed E-state index contributed by atoms with van der Waals surface area (Å²) in [5.41, 5.74) is 2.38.